The smallest absolute Gasteiger partial charge is 0.408 e. The van der Waals surface area contributed by atoms with E-state index in [0.717, 1.165) is 36.3 Å². The molecule has 20 nitrogen and oxygen atoms in total. The summed E-state index contributed by atoms with van der Waals surface area (Å²) in [5.41, 5.74) is -1.48. The minimum Gasteiger partial charge on any atom is -0.508 e. The zero-order chi connectivity index (χ0) is 52.2. The maximum atomic E-state index is 15.2. The fourth-order valence-electron chi connectivity index (χ4n) is 7.39. The largest absolute Gasteiger partial charge is 0.508 e. The molecular weight excluding hydrogens is 1040 g/mol. The Morgan fingerprint density at radius 2 is 1.58 bits per heavy atom. The molecule has 0 spiro atoms. The molecule has 7 N–H and O–H groups in total. The number of amides is 5. The molecule has 2 aliphatic rings. The number of likely N-dealkylation sites (N-methyl/N-ethyl adjacent to an activating group) is 1. The van der Waals surface area contributed by atoms with Gasteiger partial charge < -0.3 is 55.7 Å². The number of halogens is 3. The fourth-order valence-corrected chi connectivity index (χ4v) is 8.24. The number of carbonyl (C=O) groups excluding carboxylic acids is 6. The van der Waals surface area contributed by atoms with E-state index in [4.69, 9.17) is 37.4 Å². The highest BCUT2D eigenvalue weighted by atomic mass is 79.9. The molecule has 0 aromatic heterocycles. The summed E-state index contributed by atoms with van der Waals surface area (Å²) in [6.07, 6.45) is -1.64. The van der Waals surface area contributed by atoms with Gasteiger partial charge in [-0.05, 0) is 119 Å². The summed E-state index contributed by atoms with van der Waals surface area (Å²) < 4.78 is 17.1. The first kappa shape index (κ1) is 52.7. The molecular formula is C48H45BrCl2N6O14. The molecule has 0 fully saturated rings. The number of alkyl carbamates (subject to hydrolysis) is 1. The fraction of sp³-hybridized carbons (Fsp3) is 0.250. The van der Waals surface area contributed by atoms with E-state index in [-0.39, 0.29) is 54.9 Å². The van der Waals surface area contributed by atoms with Gasteiger partial charge in [0.2, 0.25) is 29.4 Å². The third-order valence-corrected chi connectivity index (χ3v) is 12.1. The van der Waals surface area contributed by atoms with Crippen LogP contribution in [0, 0.1) is 10.1 Å². The first-order chi connectivity index (χ1) is 33.3. The van der Waals surface area contributed by atoms with Crippen LogP contribution in [0.2, 0.25) is 10.0 Å². The number of fused-ring (bicyclic) bond motifs is 9. The molecule has 0 unspecified atom stereocenters. The molecule has 71 heavy (non-hydrogen) atoms. The summed E-state index contributed by atoms with van der Waals surface area (Å²) in [4.78, 5) is 96.8. The number of benzene rings is 5. The molecule has 0 aliphatic carbocycles. The highest BCUT2D eigenvalue weighted by molar-refractivity contribution is 9.10. The van der Waals surface area contributed by atoms with Crippen LogP contribution >= 0.6 is 39.1 Å². The van der Waals surface area contributed by atoms with Crippen LogP contribution in [0.1, 0.15) is 68.1 Å². The molecule has 2 heterocycles. The molecule has 2 aliphatic heterocycles. The topological polar surface area (TPSA) is 285 Å². The number of carbonyl (C=O) groups is 6. The number of methoxy groups -OCH3 is 1. The number of rotatable bonds is 9. The van der Waals surface area contributed by atoms with Gasteiger partial charge in [0.15, 0.2) is 23.3 Å². The number of hydrogen-bond donors (Lipinski definition) is 7. The van der Waals surface area contributed by atoms with E-state index >= 15 is 9.59 Å². The Morgan fingerprint density at radius 3 is 2.18 bits per heavy atom. The second kappa shape index (κ2) is 21.6. The number of esters is 1. The number of anilines is 1. The van der Waals surface area contributed by atoms with E-state index in [1.54, 1.807) is 26.8 Å². The summed E-state index contributed by atoms with van der Waals surface area (Å²) in [6.45, 7) is 5.95. The maximum Gasteiger partial charge on any atom is 0.408 e. The molecule has 5 amide bonds. The van der Waals surface area contributed by atoms with Crippen molar-refractivity contribution in [2.24, 2.45) is 0 Å². The van der Waals surface area contributed by atoms with Crippen LogP contribution in [-0.4, -0.2) is 86.6 Å². The number of hydrogen-bond acceptors (Lipinski definition) is 14. The lowest BCUT2D eigenvalue weighted by molar-refractivity contribution is -0.385. The van der Waals surface area contributed by atoms with Gasteiger partial charge in [-0.2, -0.15) is 0 Å². The molecule has 0 saturated heterocycles. The Kier molecular flexibility index (Phi) is 16.0. The van der Waals surface area contributed by atoms with Gasteiger partial charge in [0.25, 0.3) is 0 Å². The maximum absolute atomic E-state index is 15.2. The molecule has 23 heteroatoms. The van der Waals surface area contributed by atoms with Crippen molar-refractivity contribution in [3.63, 3.8) is 0 Å². The summed E-state index contributed by atoms with van der Waals surface area (Å²) in [5.74, 6) is -6.86. The predicted octanol–water partition coefficient (Wildman–Crippen LogP) is 8.04. The molecule has 0 radical (unpaired) electrons. The van der Waals surface area contributed by atoms with E-state index in [1.807, 2.05) is 0 Å². The number of phenols is 3. The lowest BCUT2D eigenvalue weighted by atomic mass is 9.95. The van der Waals surface area contributed by atoms with Crippen molar-refractivity contribution in [3.05, 3.63) is 132 Å². The monoisotopic (exact) mass is 1080 g/mol. The number of nitrogens with one attached hydrogen (secondary N) is 4. The van der Waals surface area contributed by atoms with Gasteiger partial charge in [0.1, 0.15) is 29.5 Å². The second-order valence-electron chi connectivity index (χ2n) is 17.0. The highest BCUT2D eigenvalue weighted by Gasteiger charge is 2.39. The molecule has 372 valence electrons. The van der Waals surface area contributed by atoms with Crippen LogP contribution in [0.15, 0.2) is 89.4 Å². The van der Waals surface area contributed by atoms with Gasteiger partial charge in [0.05, 0.1) is 27.8 Å². The van der Waals surface area contributed by atoms with Crippen molar-refractivity contribution >= 4 is 86.2 Å². The van der Waals surface area contributed by atoms with Crippen LogP contribution in [0.4, 0.5) is 16.2 Å². The van der Waals surface area contributed by atoms with Crippen molar-refractivity contribution in [2.75, 3.05) is 19.5 Å². The van der Waals surface area contributed by atoms with Crippen molar-refractivity contribution in [3.8, 4) is 39.9 Å². The van der Waals surface area contributed by atoms with E-state index in [2.05, 4.69) is 37.2 Å². The first-order valence-corrected chi connectivity index (χ1v) is 22.7. The average Bonchev–Trinajstić information content (AvgIpc) is 3.30. The molecule has 7 rings (SSSR count). The van der Waals surface area contributed by atoms with Crippen molar-refractivity contribution in [2.45, 2.75) is 63.9 Å². The highest BCUT2D eigenvalue weighted by Crippen LogP contribution is 2.45. The quantitative estimate of drug-likeness (QED) is 0.0418. The number of phenolic OH excluding ortho intramolecular Hbond substituents is 3. The van der Waals surface area contributed by atoms with E-state index in [0.29, 0.717) is 4.47 Å². The zero-order valence-electron chi connectivity index (χ0n) is 38.5. The second-order valence-corrected chi connectivity index (χ2v) is 18.7. The van der Waals surface area contributed by atoms with Gasteiger partial charge in [-0.15, -0.1) is 0 Å². The van der Waals surface area contributed by atoms with Crippen molar-refractivity contribution < 1.29 is 63.2 Å². The number of nitrogens with zero attached hydrogens (tertiary/aromatic N) is 2. The molecule has 0 saturated carbocycles. The van der Waals surface area contributed by atoms with Gasteiger partial charge in [0, 0.05) is 36.5 Å². The van der Waals surface area contributed by atoms with E-state index < -0.39 is 105 Å². The number of nitro benzene ring substituents is 1. The van der Waals surface area contributed by atoms with Gasteiger partial charge in [-0.1, -0.05) is 47.5 Å². The molecule has 5 aromatic rings. The van der Waals surface area contributed by atoms with Crippen LogP contribution in [0.5, 0.6) is 28.7 Å². The first-order valence-electron chi connectivity index (χ1n) is 21.2. The van der Waals surface area contributed by atoms with Crippen molar-refractivity contribution in [1.82, 2.24) is 20.9 Å². The van der Waals surface area contributed by atoms with Gasteiger partial charge in [-0.25, -0.2) is 9.59 Å². The predicted molar refractivity (Wildman–Crippen MR) is 261 cm³/mol. The Balaban J connectivity index is 1.63. The number of aromatic hydroxyl groups is 3. The SMILES string of the molecule is COC(=O)[C@H](NC(=O)[C@@H]1Cc2ccc(c([N+](=O)[O-])c2)Oc2cc(cc(-c3ccc(Br)c(NC(C)=O)c3)c2O)[C@@H](NC(=O)OC(C)(C)C)C(=O)N[C@H](c2cc(Cl)c(O)c(Cl)c2)C(=O)N1C)c1ccc(O)cc1. The minimum absolute atomic E-state index is 0.0725. The third kappa shape index (κ3) is 12.4. The summed E-state index contributed by atoms with van der Waals surface area (Å²) >= 11 is 16.1. The minimum atomic E-state index is -1.88. The molecule has 5 aromatic carbocycles. The van der Waals surface area contributed by atoms with Crippen LogP contribution in [0.25, 0.3) is 11.1 Å². The molecule has 4 bridgehead atoms. The van der Waals surface area contributed by atoms with E-state index in [9.17, 15) is 44.6 Å². The summed E-state index contributed by atoms with van der Waals surface area (Å²) in [7, 11) is 2.25. The van der Waals surface area contributed by atoms with Crippen LogP contribution in [-0.2, 0) is 39.9 Å². The van der Waals surface area contributed by atoms with Gasteiger partial charge in [-0.3, -0.25) is 29.3 Å². The lowest BCUT2D eigenvalue weighted by Crippen LogP contribution is -2.54. The number of nitro groups is 1. The third-order valence-electron chi connectivity index (χ3n) is 10.8. The summed E-state index contributed by atoms with van der Waals surface area (Å²) in [6, 6.07) is 11.1. The molecule has 4 atom stereocenters. The standard InChI is InChI=1S/C48H45BrCl2N6O14/c1-22(58)52-33-20-25(10-13-30(33)49)29-17-26-21-37(41(29)60)70-36-14-7-23(15-34(36)57(67)68)16-35(43(62)54-40(46(65)69-6)24-8-11-28(59)12-9-24)56(5)45(64)39(27-18-31(50)42(61)32(51)19-27)53-44(63)38(26)55-47(66)71-48(2,3)4/h7-15,17-21,35,38-40,59-61H,16H2,1-6H3,(H,52,58)(H,53,63)(H,54,62)(H,55,66)/t35-,38+,39+,40+/m0/s1. The summed E-state index contributed by atoms with van der Waals surface area (Å²) in [5, 5.41) is 54.9. The average molecular weight is 1080 g/mol. The van der Waals surface area contributed by atoms with Crippen molar-refractivity contribution in [1.29, 1.82) is 0 Å². The number of ether oxygens (including phenoxy) is 3. The van der Waals surface area contributed by atoms with Crippen LogP contribution < -0.4 is 26.0 Å². The lowest BCUT2D eigenvalue weighted by Gasteiger charge is -2.33. The van der Waals surface area contributed by atoms with Gasteiger partial charge >= 0.3 is 17.7 Å². The van der Waals surface area contributed by atoms with Crippen LogP contribution in [0.3, 0.4) is 0 Å². The normalized spacial score (nSPS) is 16.5. The Bertz CT molecular complexity index is 2950. The Morgan fingerprint density at radius 1 is 0.915 bits per heavy atom. The Labute approximate surface area is 423 Å². The Hall–Kier alpha value is -7.62. The zero-order valence-corrected chi connectivity index (χ0v) is 41.6. The van der Waals surface area contributed by atoms with E-state index in [1.165, 1.54) is 68.6 Å².